The average Bonchev–Trinajstić information content (AvgIpc) is 2.10. The molecular formula is C13H22O2. The molecule has 0 aliphatic heterocycles. The van der Waals surface area contributed by atoms with Crippen LogP contribution in [0.2, 0.25) is 0 Å². The standard InChI is InChI=1S/C13H22O2/c1-6-7-15-13(9-11(4)5)12(14)8-10(2)3/h6,10,13H,1,4,7-9H2,2-3,5H3. The largest absolute Gasteiger partial charge is 0.366 e. The van der Waals surface area contributed by atoms with Gasteiger partial charge in [-0.15, -0.1) is 13.2 Å². The molecule has 0 heterocycles. The van der Waals surface area contributed by atoms with Crippen LogP contribution in [0, 0.1) is 5.92 Å². The van der Waals surface area contributed by atoms with Crippen LogP contribution in [0.4, 0.5) is 0 Å². The second-order valence-electron chi connectivity index (χ2n) is 4.34. The predicted octanol–water partition coefficient (Wildman–Crippen LogP) is 3.14. The second-order valence-corrected chi connectivity index (χ2v) is 4.34. The number of rotatable bonds is 8. The molecule has 0 saturated carbocycles. The lowest BCUT2D eigenvalue weighted by molar-refractivity contribution is -0.130. The van der Waals surface area contributed by atoms with E-state index in [1.165, 1.54) is 0 Å². The summed E-state index contributed by atoms with van der Waals surface area (Å²) in [6.07, 6.45) is 2.49. The van der Waals surface area contributed by atoms with Crippen molar-refractivity contribution < 1.29 is 9.53 Å². The minimum atomic E-state index is -0.345. The summed E-state index contributed by atoms with van der Waals surface area (Å²) < 4.78 is 5.44. The van der Waals surface area contributed by atoms with Gasteiger partial charge in [-0.3, -0.25) is 4.79 Å². The van der Waals surface area contributed by atoms with Crippen molar-refractivity contribution in [3.8, 4) is 0 Å². The Morgan fingerprint density at radius 1 is 1.40 bits per heavy atom. The molecule has 0 fully saturated rings. The monoisotopic (exact) mass is 210 g/mol. The van der Waals surface area contributed by atoms with E-state index < -0.39 is 0 Å². The number of ether oxygens (including phenoxy) is 1. The highest BCUT2D eigenvalue weighted by Gasteiger charge is 2.19. The lowest BCUT2D eigenvalue weighted by atomic mass is 9.99. The maximum absolute atomic E-state index is 11.8. The highest BCUT2D eigenvalue weighted by Crippen LogP contribution is 2.12. The van der Waals surface area contributed by atoms with Crippen LogP contribution in [-0.4, -0.2) is 18.5 Å². The van der Waals surface area contributed by atoms with Gasteiger partial charge < -0.3 is 4.74 Å². The molecule has 0 saturated heterocycles. The number of hydrogen-bond acceptors (Lipinski definition) is 2. The van der Waals surface area contributed by atoms with Crippen LogP contribution in [0.25, 0.3) is 0 Å². The van der Waals surface area contributed by atoms with Gasteiger partial charge in [0.1, 0.15) is 6.10 Å². The van der Waals surface area contributed by atoms with E-state index in [-0.39, 0.29) is 11.9 Å². The molecule has 0 N–H and O–H groups in total. The summed E-state index contributed by atoms with van der Waals surface area (Å²) in [6, 6.07) is 0. The topological polar surface area (TPSA) is 26.3 Å². The van der Waals surface area contributed by atoms with Gasteiger partial charge in [-0.2, -0.15) is 0 Å². The average molecular weight is 210 g/mol. The third-order valence-corrected chi connectivity index (χ3v) is 1.92. The first kappa shape index (κ1) is 14.1. The lowest BCUT2D eigenvalue weighted by Crippen LogP contribution is -2.26. The van der Waals surface area contributed by atoms with Crippen molar-refractivity contribution in [2.45, 2.75) is 39.7 Å². The van der Waals surface area contributed by atoms with Crippen molar-refractivity contribution in [1.29, 1.82) is 0 Å². The Hall–Kier alpha value is -0.890. The van der Waals surface area contributed by atoms with Gasteiger partial charge in [-0.1, -0.05) is 25.5 Å². The van der Waals surface area contributed by atoms with Gasteiger partial charge in [0.15, 0.2) is 5.78 Å². The van der Waals surface area contributed by atoms with Crippen molar-refractivity contribution in [2.75, 3.05) is 6.61 Å². The first-order chi connectivity index (χ1) is 6.97. The Morgan fingerprint density at radius 3 is 2.40 bits per heavy atom. The predicted molar refractivity (Wildman–Crippen MR) is 63.8 cm³/mol. The molecule has 0 aromatic heterocycles. The molecule has 15 heavy (non-hydrogen) atoms. The van der Waals surface area contributed by atoms with Crippen LogP contribution in [0.5, 0.6) is 0 Å². The van der Waals surface area contributed by atoms with E-state index in [0.717, 1.165) is 5.57 Å². The first-order valence-corrected chi connectivity index (χ1v) is 5.37. The van der Waals surface area contributed by atoms with Crippen LogP contribution in [0.15, 0.2) is 24.8 Å². The molecule has 0 rings (SSSR count). The highest BCUT2D eigenvalue weighted by molar-refractivity contribution is 5.83. The molecule has 0 spiro atoms. The number of Topliss-reactive ketones (excluding diaryl/α,β-unsaturated/α-hetero) is 1. The van der Waals surface area contributed by atoms with E-state index in [9.17, 15) is 4.79 Å². The van der Waals surface area contributed by atoms with E-state index in [1.54, 1.807) is 6.08 Å². The molecule has 0 aliphatic carbocycles. The zero-order valence-electron chi connectivity index (χ0n) is 10.1. The maximum Gasteiger partial charge on any atom is 0.162 e. The lowest BCUT2D eigenvalue weighted by Gasteiger charge is -2.17. The Kier molecular flexibility index (Phi) is 6.97. The highest BCUT2D eigenvalue weighted by atomic mass is 16.5. The molecule has 1 unspecified atom stereocenters. The number of carbonyl (C=O) groups excluding carboxylic acids is 1. The number of ketones is 1. The van der Waals surface area contributed by atoms with Crippen molar-refractivity contribution in [3.05, 3.63) is 24.8 Å². The smallest absolute Gasteiger partial charge is 0.162 e. The molecule has 0 bridgehead atoms. The molecule has 0 amide bonds. The van der Waals surface area contributed by atoms with Crippen LogP contribution in [-0.2, 0) is 9.53 Å². The SMILES string of the molecule is C=CCOC(CC(=C)C)C(=O)CC(C)C. The molecule has 0 aliphatic rings. The molecule has 0 radical (unpaired) electrons. The van der Waals surface area contributed by atoms with Gasteiger partial charge in [-0.25, -0.2) is 0 Å². The first-order valence-electron chi connectivity index (χ1n) is 5.37. The minimum Gasteiger partial charge on any atom is -0.366 e. The van der Waals surface area contributed by atoms with Crippen LogP contribution >= 0.6 is 0 Å². The third kappa shape index (κ3) is 7.09. The van der Waals surface area contributed by atoms with E-state index in [0.29, 0.717) is 25.4 Å². The Labute approximate surface area is 93.0 Å². The summed E-state index contributed by atoms with van der Waals surface area (Å²) in [7, 11) is 0. The fourth-order valence-electron chi connectivity index (χ4n) is 1.30. The molecular weight excluding hydrogens is 188 g/mol. The minimum absolute atomic E-state index is 0.162. The van der Waals surface area contributed by atoms with Gasteiger partial charge in [0.05, 0.1) is 6.61 Å². The molecule has 1 atom stereocenters. The van der Waals surface area contributed by atoms with Crippen molar-refractivity contribution in [2.24, 2.45) is 5.92 Å². The van der Waals surface area contributed by atoms with Crippen molar-refractivity contribution >= 4 is 5.78 Å². The van der Waals surface area contributed by atoms with Crippen LogP contribution in [0.3, 0.4) is 0 Å². The molecule has 2 heteroatoms. The van der Waals surface area contributed by atoms with Crippen molar-refractivity contribution in [3.63, 3.8) is 0 Å². The zero-order valence-corrected chi connectivity index (χ0v) is 10.1. The van der Waals surface area contributed by atoms with Gasteiger partial charge in [0.2, 0.25) is 0 Å². The van der Waals surface area contributed by atoms with E-state index in [2.05, 4.69) is 13.2 Å². The summed E-state index contributed by atoms with van der Waals surface area (Å²) in [6.45, 7) is 13.8. The van der Waals surface area contributed by atoms with Crippen molar-refractivity contribution in [1.82, 2.24) is 0 Å². The van der Waals surface area contributed by atoms with Crippen LogP contribution in [0.1, 0.15) is 33.6 Å². The Balaban J connectivity index is 4.25. The summed E-state index contributed by atoms with van der Waals surface area (Å²) in [4.78, 5) is 11.8. The van der Waals surface area contributed by atoms with Gasteiger partial charge >= 0.3 is 0 Å². The summed E-state index contributed by atoms with van der Waals surface area (Å²) in [5.41, 5.74) is 0.973. The molecule has 2 nitrogen and oxygen atoms in total. The quantitative estimate of drug-likeness (QED) is 0.575. The fourth-order valence-corrected chi connectivity index (χ4v) is 1.30. The molecule has 86 valence electrons. The molecule has 0 aromatic carbocycles. The van der Waals surface area contributed by atoms with Crippen LogP contribution < -0.4 is 0 Å². The third-order valence-electron chi connectivity index (χ3n) is 1.92. The number of hydrogen-bond donors (Lipinski definition) is 0. The van der Waals surface area contributed by atoms with E-state index >= 15 is 0 Å². The Morgan fingerprint density at radius 2 is 2.00 bits per heavy atom. The normalized spacial score (nSPS) is 12.5. The zero-order chi connectivity index (χ0) is 11.8. The summed E-state index contributed by atoms with van der Waals surface area (Å²) in [5, 5.41) is 0. The van der Waals surface area contributed by atoms with Gasteiger partial charge in [0, 0.05) is 12.8 Å². The fraction of sp³-hybridized carbons (Fsp3) is 0.615. The van der Waals surface area contributed by atoms with E-state index in [4.69, 9.17) is 4.74 Å². The Bertz CT molecular complexity index is 229. The van der Waals surface area contributed by atoms with E-state index in [1.807, 2.05) is 20.8 Å². The maximum atomic E-state index is 11.8. The number of carbonyl (C=O) groups is 1. The summed E-state index contributed by atoms with van der Waals surface area (Å²) in [5.74, 6) is 0.535. The van der Waals surface area contributed by atoms with Gasteiger partial charge in [-0.05, 0) is 12.8 Å². The summed E-state index contributed by atoms with van der Waals surface area (Å²) >= 11 is 0. The van der Waals surface area contributed by atoms with Gasteiger partial charge in [0.25, 0.3) is 0 Å². The molecule has 0 aromatic rings. The second kappa shape index (κ2) is 7.41.